The number of rotatable bonds is 5. The van der Waals surface area contributed by atoms with E-state index in [9.17, 15) is 18.0 Å². The Morgan fingerprint density at radius 1 is 1.15 bits per heavy atom. The van der Waals surface area contributed by atoms with E-state index in [0.717, 1.165) is 30.0 Å². The van der Waals surface area contributed by atoms with Crippen molar-refractivity contribution in [2.24, 2.45) is 0 Å². The second kappa shape index (κ2) is 7.61. The lowest BCUT2D eigenvalue weighted by atomic mass is 10.2. The average Bonchev–Trinajstić information content (AvgIpc) is 3.06. The Bertz CT molecular complexity index is 947. The summed E-state index contributed by atoms with van der Waals surface area (Å²) in [5.74, 6) is -2.17. The third kappa shape index (κ3) is 4.05. The van der Waals surface area contributed by atoms with Gasteiger partial charge in [-0.2, -0.15) is 0 Å². The summed E-state index contributed by atoms with van der Waals surface area (Å²) in [5, 5.41) is 8.40. The first kappa shape index (κ1) is 18.0. The van der Waals surface area contributed by atoms with Gasteiger partial charge in [0.15, 0.2) is 5.82 Å². The summed E-state index contributed by atoms with van der Waals surface area (Å²) in [7, 11) is 0. The van der Waals surface area contributed by atoms with Crippen molar-refractivity contribution in [1.82, 2.24) is 15.2 Å². The maximum absolute atomic E-state index is 13.8. The lowest BCUT2D eigenvalue weighted by molar-refractivity contribution is -0.115. The molecule has 2 N–H and O–H groups in total. The molecule has 1 aromatic heterocycles. The molecule has 0 saturated heterocycles. The van der Waals surface area contributed by atoms with E-state index in [-0.39, 0.29) is 22.2 Å². The molecular formula is C17H13F3N4OS. The van der Waals surface area contributed by atoms with Gasteiger partial charge in [0.2, 0.25) is 11.1 Å². The van der Waals surface area contributed by atoms with E-state index in [4.69, 9.17) is 0 Å². The summed E-state index contributed by atoms with van der Waals surface area (Å²) in [6.07, 6.45) is 0. The number of halogens is 3. The van der Waals surface area contributed by atoms with Crippen LogP contribution in [0.2, 0.25) is 0 Å². The summed E-state index contributed by atoms with van der Waals surface area (Å²) < 4.78 is 40.5. The Balaban J connectivity index is 1.68. The highest BCUT2D eigenvalue weighted by molar-refractivity contribution is 8.00. The number of anilines is 1. The van der Waals surface area contributed by atoms with Crippen LogP contribution in [0.25, 0.3) is 11.4 Å². The van der Waals surface area contributed by atoms with Gasteiger partial charge in [0, 0.05) is 6.07 Å². The average molecular weight is 378 g/mol. The predicted octanol–water partition coefficient (Wildman–Crippen LogP) is 4.01. The third-order valence-electron chi connectivity index (χ3n) is 3.43. The van der Waals surface area contributed by atoms with Crippen molar-refractivity contribution in [2.45, 2.75) is 17.3 Å². The van der Waals surface area contributed by atoms with Gasteiger partial charge in [-0.15, -0.1) is 5.10 Å². The Labute approximate surface area is 151 Å². The fourth-order valence-corrected chi connectivity index (χ4v) is 2.84. The van der Waals surface area contributed by atoms with Crippen LogP contribution in [0.1, 0.15) is 6.92 Å². The Hall–Kier alpha value is -2.81. The lowest BCUT2D eigenvalue weighted by Crippen LogP contribution is -2.23. The van der Waals surface area contributed by atoms with Crippen molar-refractivity contribution in [3.63, 3.8) is 0 Å². The van der Waals surface area contributed by atoms with Crippen molar-refractivity contribution >= 4 is 23.4 Å². The first-order chi connectivity index (χ1) is 12.4. The fourth-order valence-electron chi connectivity index (χ4n) is 2.11. The summed E-state index contributed by atoms with van der Waals surface area (Å²) in [5.41, 5.74) is 0.00951. The number of nitrogens with one attached hydrogen (secondary N) is 2. The van der Waals surface area contributed by atoms with Crippen LogP contribution in [0, 0.1) is 17.5 Å². The molecule has 9 heteroatoms. The van der Waals surface area contributed by atoms with Gasteiger partial charge in [-0.25, -0.2) is 18.2 Å². The Morgan fingerprint density at radius 3 is 2.69 bits per heavy atom. The number of carbonyl (C=O) groups is 1. The van der Waals surface area contributed by atoms with Gasteiger partial charge in [0.1, 0.15) is 17.5 Å². The van der Waals surface area contributed by atoms with E-state index in [0.29, 0.717) is 0 Å². The zero-order chi connectivity index (χ0) is 18.7. The van der Waals surface area contributed by atoms with Gasteiger partial charge in [-0.3, -0.25) is 9.89 Å². The second-order valence-corrected chi connectivity index (χ2v) is 6.63. The number of hydrogen-bond donors (Lipinski definition) is 2. The summed E-state index contributed by atoms with van der Waals surface area (Å²) >= 11 is 0.998. The highest BCUT2D eigenvalue weighted by Crippen LogP contribution is 2.25. The molecule has 134 valence electrons. The molecule has 0 bridgehead atoms. The molecule has 3 rings (SSSR count). The number of aromatic amines is 1. The van der Waals surface area contributed by atoms with Crippen LogP contribution in [-0.4, -0.2) is 26.3 Å². The molecule has 0 unspecified atom stereocenters. The molecule has 26 heavy (non-hydrogen) atoms. The minimum Gasteiger partial charge on any atom is -0.323 e. The molecule has 0 radical (unpaired) electrons. The van der Waals surface area contributed by atoms with Crippen LogP contribution >= 0.6 is 11.8 Å². The maximum atomic E-state index is 13.8. The number of amides is 1. The van der Waals surface area contributed by atoms with Crippen molar-refractivity contribution in [2.75, 3.05) is 5.32 Å². The van der Waals surface area contributed by atoms with Gasteiger partial charge < -0.3 is 5.32 Å². The number of benzene rings is 2. The van der Waals surface area contributed by atoms with Gasteiger partial charge in [0.25, 0.3) is 0 Å². The molecule has 5 nitrogen and oxygen atoms in total. The zero-order valence-corrected chi connectivity index (χ0v) is 14.3. The molecule has 1 atom stereocenters. The van der Waals surface area contributed by atoms with Crippen LogP contribution in [0.4, 0.5) is 18.9 Å². The number of thioether (sulfide) groups is 1. The van der Waals surface area contributed by atoms with Crippen LogP contribution in [-0.2, 0) is 4.79 Å². The van der Waals surface area contributed by atoms with E-state index in [2.05, 4.69) is 20.5 Å². The summed E-state index contributed by atoms with van der Waals surface area (Å²) in [4.78, 5) is 16.3. The van der Waals surface area contributed by atoms with Crippen LogP contribution < -0.4 is 5.32 Å². The number of H-pyrrole nitrogens is 1. The second-order valence-electron chi connectivity index (χ2n) is 5.32. The molecule has 3 aromatic rings. The topological polar surface area (TPSA) is 70.7 Å². The molecular weight excluding hydrogens is 365 g/mol. The standard InChI is InChI=1S/C17H13F3N4OS/c1-9(16(25)21-14-8-10(18)6-7-13(14)20)26-17-22-15(23-24-17)11-4-2-3-5-12(11)19/h2-9H,1H3,(H,21,25)(H,22,23,24)/t9-/m0/s1. The van der Waals surface area contributed by atoms with Crippen molar-refractivity contribution in [3.8, 4) is 11.4 Å². The largest absolute Gasteiger partial charge is 0.323 e. The lowest BCUT2D eigenvalue weighted by Gasteiger charge is -2.10. The number of hydrogen-bond acceptors (Lipinski definition) is 4. The zero-order valence-electron chi connectivity index (χ0n) is 13.5. The summed E-state index contributed by atoms with van der Waals surface area (Å²) in [6.45, 7) is 1.57. The van der Waals surface area contributed by atoms with Crippen LogP contribution in [0.15, 0.2) is 47.6 Å². The van der Waals surface area contributed by atoms with Gasteiger partial charge in [0.05, 0.1) is 16.5 Å². The quantitative estimate of drug-likeness (QED) is 0.658. The maximum Gasteiger partial charge on any atom is 0.237 e. The van der Waals surface area contributed by atoms with Gasteiger partial charge >= 0.3 is 0 Å². The van der Waals surface area contributed by atoms with Crippen molar-refractivity contribution in [3.05, 3.63) is 59.9 Å². The molecule has 0 fully saturated rings. The molecule has 1 heterocycles. The molecule has 0 spiro atoms. The molecule has 1 amide bonds. The third-order valence-corrected chi connectivity index (χ3v) is 4.39. The van der Waals surface area contributed by atoms with Crippen molar-refractivity contribution in [1.29, 1.82) is 0 Å². The molecule has 0 aliphatic rings. The van der Waals surface area contributed by atoms with Crippen molar-refractivity contribution < 1.29 is 18.0 Å². The highest BCUT2D eigenvalue weighted by Gasteiger charge is 2.19. The molecule has 0 saturated carbocycles. The normalized spacial score (nSPS) is 12.0. The number of aromatic nitrogens is 3. The number of nitrogens with zero attached hydrogens (tertiary/aromatic N) is 2. The van der Waals surface area contributed by atoms with E-state index >= 15 is 0 Å². The van der Waals surface area contributed by atoms with E-state index in [1.54, 1.807) is 25.1 Å². The first-order valence-electron chi connectivity index (χ1n) is 7.54. The van der Waals surface area contributed by atoms with Crippen LogP contribution in [0.3, 0.4) is 0 Å². The Morgan fingerprint density at radius 2 is 1.92 bits per heavy atom. The number of carbonyl (C=O) groups excluding carboxylic acids is 1. The molecule has 2 aromatic carbocycles. The van der Waals surface area contributed by atoms with Gasteiger partial charge in [-0.1, -0.05) is 23.9 Å². The smallest absolute Gasteiger partial charge is 0.237 e. The first-order valence-corrected chi connectivity index (χ1v) is 8.42. The molecule has 0 aliphatic heterocycles. The summed E-state index contributed by atoms with van der Waals surface area (Å²) in [6, 6.07) is 8.86. The monoisotopic (exact) mass is 378 g/mol. The van der Waals surface area contributed by atoms with E-state index < -0.39 is 28.6 Å². The van der Waals surface area contributed by atoms with Gasteiger partial charge in [-0.05, 0) is 31.2 Å². The minimum atomic E-state index is -0.739. The minimum absolute atomic E-state index is 0.227. The van der Waals surface area contributed by atoms with E-state index in [1.807, 2.05) is 0 Å². The van der Waals surface area contributed by atoms with E-state index in [1.165, 1.54) is 6.07 Å². The Kier molecular flexibility index (Phi) is 5.27. The fraction of sp³-hybridized carbons (Fsp3) is 0.118. The predicted molar refractivity (Wildman–Crippen MR) is 92.1 cm³/mol. The highest BCUT2D eigenvalue weighted by atomic mass is 32.2. The molecule has 0 aliphatic carbocycles. The van der Waals surface area contributed by atoms with Crippen LogP contribution in [0.5, 0.6) is 0 Å². The SMILES string of the molecule is C[C@H](Sc1n[nH]c(-c2ccccc2F)n1)C(=O)Nc1cc(F)ccc1F.